The van der Waals surface area contributed by atoms with Crippen LogP contribution in [-0.2, 0) is 37.9 Å². The van der Waals surface area contributed by atoms with Crippen molar-refractivity contribution < 1.29 is 48.1 Å². The molecule has 0 aliphatic carbocycles. The third kappa shape index (κ3) is 68.3. The van der Waals surface area contributed by atoms with Crippen LogP contribution in [0.2, 0.25) is 0 Å². The predicted molar refractivity (Wildman–Crippen MR) is 528 cm³/mol. The number of aliphatic hydroxyl groups excluding tert-OH is 2. The normalized spacial score (nSPS) is 12.5. The van der Waals surface area contributed by atoms with Crippen molar-refractivity contribution in [3.63, 3.8) is 0 Å². The number of nitrogens with zero attached hydrogens (tertiary/aromatic N) is 1. The topological polar surface area (TPSA) is 118 Å². The molecule has 11 nitrogen and oxygen atoms in total. The summed E-state index contributed by atoms with van der Waals surface area (Å²) in [4.78, 5) is 2.25. The smallest absolute Gasteiger partial charge is 0.294 e. The van der Waals surface area contributed by atoms with Crippen LogP contribution in [0, 0.1) is 0 Å². The molecule has 0 spiro atoms. The van der Waals surface area contributed by atoms with Crippen molar-refractivity contribution >= 4 is 0 Å². The molecule has 0 saturated carbocycles. The van der Waals surface area contributed by atoms with Gasteiger partial charge in [-0.05, 0) is 57.8 Å². The van der Waals surface area contributed by atoms with Gasteiger partial charge in [0.1, 0.15) is 13.2 Å². The lowest BCUT2D eigenvalue weighted by Gasteiger charge is -2.60. The molecule has 0 heterocycles. The summed E-state index contributed by atoms with van der Waals surface area (Å²) in [6, 6.07) is 0. The average Bonchev–Trinajstić information content (AvgIpc) is 0.708. The van der Waals surface area contributed by atoms with Gasteiger partial charge in [0.25, 0.3) is 23.4 Å². The lowest BCUT2D eigenvalue weighted by atomic mass is 10.0. The molecule has 0 bridgehead atoms. The Morgan fingerprint density at radius 1 is 0.140 bits per heavy atom. The molecule has 0 saturated heterocycles. The zero-order chi connectivity index (χ0) is 87.8. The van der Waals surface area contributed by atoms with E-state index in [4.69, 9.17) is 37.9 Å². The van der Waals surface area contributed by atoms with Crippen LogP contribution >= 0.6 is 0 Å². The van der Waals surface area contributed by atoms with Crippen molar-refractivity contribution in [3.8, 4) is 0 Å². The number of rotatable bonds is 109. The monoisotopic (exact) mass is 1720 g/mol. The van der Waals surface area contributed by atoms with Crippen molar-refractivity contribution in [1.82, 2.24) is 4.90 Å². The van der Waals surface area contributed by atoms with Gasteiger partial charge >= 0.3 is 0 Å². The van der Waals surface area contributed by atoms with Gasteiger partial charge in [-0.25, -0.2) is 0 Å². The van der Waals surface area contributed by atoms with Gasteiger partial charge in [-0.15, -0.1) is 0 Å². The Kier molecular flexibility index (Phi) is 96.7. The van der Waals surface area contributed by atoms with E-state index in [9.17, 15) is 10.2 Å². The molecule has 0 unspecified atom stereocenters. The highest BCUT2D eigenvalue weighted by Gasteiger charge is 2.72. The highest BCUT2D eigenvalue weighted by atomic mass is 16.8. The Labute approximate surface area is 759 Å². The van der Waals surface area contributed by atoms with Crippen LogP contribution in [0.15, 0.2) is 0 Å². The molecule has 0 rings (SSSR count). The minimum Gasteiger partial charge on any atom is -0.390 e. The van der Waals surface area contributed by atoms with Gasteiger partial charge in [-0.2, -0.15) is 4.90 Å². The van der Waals surface area contributed by atoms with Gasteiger partial charge < -0.3 is 48.1 Å². The van der Waals surface area contributed by atoms with Gasteiger partial charge in [0.15, 0.2) is 0 Å². The van der Waals surface area contributed by atoms with E-state index in [1.807, 2.05) is 0 Å². The summed E-state index contributed by atoms with van der Waals surface area (Å²) in [6.07, 6.45) is 102. The fraction of sp³-hybridized carbons (Fsp3) is 1.00. The van der Waals surface area contributed by atoms with Crippen molar-refractivity contribution in [1.29, 1.82) is 0 Å². The van der Waals surface area contributed by atoms with E-state index < -0.39 is 36.6 Å². The second-order valence-corrected chi connectivity index (χ2v) is 38.1. The van der Waals surface area contributed by atoms with Gasteiger partial charge in [0.2, 0.25) is 0 Å². The van der Waals surface area contributed by atoms with E-state index in [0.717, 1.165) is 186 Å². The van der Waals surface area contributed by atoms with E-state index in [-0.39, 0.29) is 0 Å². The summed E-state index contributed by atoms with van der Waals surface area (Å²) in [7, 11) is 0. The molecule has 0 aliphatic rings. The SMILES string of the molecule is CCCCCCCCCCCCOC(CO)(OCCCCCCCCCCCC)C(OCCCCCCCCCCCC)(OCCCCCCCCCCCC)N(CCCCCCCC)C(OCCCCCCCCCCCC)(OCCCCCCCCCCCC)C(CO)(OCCCCCCCCCCCC)OCCCCCCCCCCCC. The van der Waals surface area contributed by atoms with Gasteiger partial charge in [0.05, 0.1) is 52.9 Å². The molecule has 0 aromatic heterocycles. The molecule has 0 aliphatic heterocycles. The second kappa shape index (κ2) is 97.1. The van der Waals surface area contributed by atoms with Crippen molar-refractivity contribution in [2.75, 3.05) is 72.6 Å². The molecule has 0 fully saturated rings. The predicted octanol–water partition coefficient (Wildman–Crippen LogP) is 35.8. The number of hydrogen-bond acceptors (Lipinski definition) is 11. The minimum atomic E-state index is -2.00. The first kappa shape index (κ1) is 121. The number of aliphatic hydroxyl groups is 2. The largest absolute Gasteiger partial charge is 0.390 e. The zero-order valence-electron chi connectivity index (χ0n) is 84.2. The third-order valence-corrected chi connectivity index (χ3v) is 26.3. The number of unbranched alkanes of at least 4 members (excludes halogenated alkanes) is 77. The third-order valence-electron chi connectivity index (χ3n) is 26.3. The standard InChI is InChI=1S/C110H223NO10/c1-10-19-28-37-46-54-62-70-79-88-97-114-107(105-112,115-98-89-80-71-63-55-47-38-29-20-11-2)109(118-101-92-83-74-66-58-50-41-32-23-14-5,119-102-93-84-75-67-59-51-42-33-24-15-6)111(96-87-78-45-36-27-18-9)110(120-103-94-85-76-68-60-52-43-34-25-16-7,121-104-95-86-77-69-61-53-44-35-26-17-8)108(106-113,116-99-90-81-72-64-56-48-39-30-21-12-3)117-100-91-82-73-65-57-49-40-31-22-13-4/h112-113H,10-106H2,1-9H3. The molecule has 0 amide bonds. The fourth-order valence-corrected chi connectivity index (χ4v) is 18.1. The summed E-state index contributed by atoms with van der Waals surface area (Å²) in [6.45, 7) is 22.9. The van der Waals surface area contributed by atoms with Crippen LogP contribution in [0.25, 0.3) is 0 Å². The summed E-state index contributed by atoms with van der Waals surface area (Å²) in [5.74, 6) is -7.83. The van der Waals surface area contributed by atoms with E-state index in [1.54, 1.807) is 0 Å². The van der Waals surface area contributed by atoms with E-state index >= 15 is 0 Å². The van der Waals surface area contributed by atoms with Gasteiger partial charge in [-0.3, -0.25) is 0 Å². The Hall–Kier alpha value is -0.440. The quantitative estimate of drug-likeness (QED) is 0.0448. The molecule has 0 aromatic rings. The number of hydrogen-bond donors (Lipinski definition) is 2. The Balaban J connectivity index is 9.72. The Morgan fingerprint density at radius 3 is 0.372 bits per heavy atom. The van der Waals surface area contributed by atoms with Crippen molar-refractivity contribution in [2.45, 2.75) is 638 Å². The molecule has 11 heteroatoms. The first-order valence-corrected chi connectivity index (χ1v) is 55.9. The summed E-state index contributed by atoms with van der Waals surface area (Å²) in [5.41, 5.74) is 0. The van der Waals surface area contributed by atoms with Gasteiger partial charge in [-0.1, -0.05) is 557 Å². The maximum atomic E-state index is 13.5. The molecule has 2 N–H and O–H groups in total. The molecular weight excluding hydrogens is 1500 g/mol. The van der Waals surface area contributed by atoms with Crippen molar-refractivity contribution in [2.24, 2.45) is 0 Å². The van der Waals surface area contributed by atoms with E-state index in [1.165, 1.54) is 366 Å². The van der Waals surface area contributed by atoms with Crippen LogP contribution in [0.1, 0.15) is 615 Å². The van der Waals surface area contributed by atoms with Crippen molar-refractivity contribution in [3.05, 3.63) is 0 Å². The summed E-state index contributed by atoms with van der Waals surface area (Å²) < 4.78 is 64.3. The summed E-state index contributed by atoms with van der Waals surface area (Å²) >= 11 is 0. The maximum absolute atomic E-state index is 13.5. The Bertz CT molecular complexity index is 1680. The molecule has 121 heavy (non-hydrogen) atoms. The minimum absolute atomic E-state index is 0.338. The lowest BCUT2D eigenvalue weighted by Crippen LogP contribution is -2.82. The summed E-state index contributed by atoms with van der Waals surface area (Å²) in [5, 5.41) is 27.0. The first-order chi connectivity index (χ1) is 59.8. The highest BCUT2D eigenvalue weighted by molar-refractivity contribution is 5.01. The number of ether oxygens (including phenoxy) is 8. The van der Waals surface area contributed by atoms with Crippen LogP contribution in [-0.4, -0.2) is 111 Å². The van der Waals surface area contributed by atoms with Crippen LogP contribution in [0.3, 0.4) is 0 Å². The maximum Gasteiger partial charge on any atom is 0.294 e. The Morgan fingerprint density at radius 2 is 0.248 bits per heavy atom. The fourth-order valence-electron chi connectivity index (χ4n) is 18.1. The first-order valence-electron chi connectivity index (χ1n) is 55.9. The molecule has 0 aromatic carbocycles. The molecule has 0 radical (unpaired) electrons. The molecule has 0 atom stereocenters. The lowest BCUT2D eigenvalue weighted by molar-refractivity contribution is -0.545. The van der Waals surface area contributed by atoms with Crippen LogP contribution in [0.4, 0.5) is 0 Å². The average molecular weight is 1720 g/mol. The van der Waals surface area contributed by atoms with Gasteiger partial charge in [0, 0.05) is 6.54 Å². The highest BCUT2D eigenvalue weighted by Crippen LogP contribution is 2.49. The van der Waals surface area contributed by atoms with Crippen LogP contribution in [0.5, 0.6) is 0 Å². The van der Waals surface area contributed by atoms with E-state index in [0.29, 0.717) is 59.4 Å². The van der Waals surface area contributed by atoms with Crippen LogP contribution < -0.4 is 0 Å². The molecular formula is C110H223NO10. The second-order valence-electron chi connectivity index (χ2n) is 38.1. The molecule has 728 valence electrons. The zero-order valence-corrected chi connectivity index (χ0v) is 84.2. The van der Waals surface area contributed by atoms with E-state index in [2.05, 4.69) is 67.2 Å².